The molecule has 3 heteroatoms. The minimum absolute atomic E-state index is 0.163. The monoisotopic (exact) mass is 213 g/mol. The maximum atomic E-state index is 6.14. The highest BCUT2D eigenvalue weighted by Gasteiger charge is 2.25. The van der Waals surface area contributed by atoms with E-state index in [4.69, 9.17) is 22.1 Å². The Morgan fingerprint density at radius 3 is 2.57 bits per heavy atom. The van der Waals surface area contributed by atoms with E-state index < -0.39 is 0 Å². The lowest BCUT2D eigenvalue weighted by Gasteiger charge is -2.26. The normalized spacial score (nSPS) is 11.5. The quantitative estimate of drug-likeness (QED) is 0.838. The van der Waals surface area contributed by atoms with Crippen molar-refractivity contribution in [1.29, 1.82) is 0 Å². The van der Waals surface area contributed by atoms with Crippen LogP contribution in [0.5, 0.6) is 5.75 Å². The van der Waals surface area contributed by atoms with Crippen LogP contribution in [0.25, 0.3) is 0 Å². The van der Waals surface area contributed by atoms with Crippen LogP contribution >= 0.6 is 11.6 Å². The van der Waals surface area contributed by atoms with Crippen molar-refractivity contribution in [3.05, 3.63) is 28.8 Å². The summed E-state index contributed by atoms with van der Waals surface area (Å²) < 4.78 is 5.27. The van der Waals surface area contributed by atoms with E-state index in [1.165, 1.54) is 0 Å². The molecule has 78 valence electrons. The van der Waals surface area contributed by atoms with Gasteiger partial charge in [-0.25, -0.2) is 0 Å². The Bertz CT molecular complexity index is 323. The molecular formula is C11H16ClNO. The van der Waals surface area contributed by atoms with Crippen LogP contribution in [0.4, 0.5) is 0 Å². The van der Waals surface area contributed by atoms with Crippen molar-refractivity contribution < 1.29 is 4.74 Å². The summed E-state index contributed by atoms with van der Waals surface area (Å²) in [6.07, 6.45) is 0. The summed E-state index contributed by atoms with van der Waals surface area (Å²) in [4.78, 5) is 0. The molecule has 0 fully saturated rings. The van der Waals surface area contributed by atoms with Gasteiger partial charge in [-0.2, -0.15) is 0 Å². The number of hydrogen-bond acceptors (Lipinski definition) is 2. The molecule has 0 spiro atoms. The third kappa shape index (κ3) is 2.02. The first-order valence-corrected chi connectivity index (χ1v) is 4.94. The van der Waals surface area contributed by atoms with Crippen molar-refractivity contribution in [2.45, 2.75) is 19.3 Å². The molecule has 0 aliphatic rings. The van der Waals surface area contributed by atoms with Crippen LogP contribution in [0.3, 0.4) is 0 Å². The van der Waals surface area contributed by atoms with Gasteiger partial charge in [-0.1, -0.05) is 31.5 Å². The van der Waals surface area contributed by atoms with Gasteiger partial charge in [0.15, 0.2) is 0 Å². The Balaban J connectivity index is 3.30. The molecule has 2 nitrogen and oxygen atoms in total. The average Bonchev–Trinajstić information content (AvgIpc) is 2.17. The lowest BCUT2D eigenvalue weighted by Crippen LogP contribution is -2.29. The van der Waals surface area contributed by atoms with E-state index in [9.17, 15) is 0 Å². The molecule has 0 aliphatic carbocycles. The van der Waals surface area contributed by atoms with Crippen LogP contribution in [0.15, 0.2) is 18.2 Å². The van der Waals surface area contributed by atoms with Gasteiger partial charge in [0.2, 0.25) is 0 Å². The summed E-state index contributed by atoms with van der Waals surface area (Å²) in [6.45, 7) is 4.64. The molecule has 1 aromatic carbocycles. The molecule has 14 heavy (non-hydrogen) atoms. The maximum Gasteiger partial charge on any atom is 0.124 e. The van der Waals surface area contributed by atoms with Gasteiger partial charge in [-0.15, -0.1) is 0 Å². The summed E-state index contributed by atoms with van der Waals surface area (Å²) >= 11 is 6.14. The van der Waals surface area contributed by atoms with Crippen LogP contribution in [0.2, 0.25) is 5.02 Å². The van der Waals surface area contributed by atoms with E-state index in [1.54, 1.807) is 7.11 Å². The topological polar surface area (TPSA) is 35.2 Å². The Labute approximate surface area is 90.0 Å². The fourth-order valence-corrected chi connectivity index (χ4v) is 1.85. The molecule has 0 aromatic heterocycles. The fourth-order valence-electron chi connectivity index (χ4n) is 1.43. The van der Waals surface area contributed by atoms with Crippen LogP contribution in [0.1, 0.15) is 19.4 Å². The van der Waals surface area contributed by atoms with Gasteiger partial charge in [0.25, 0.3) is 0 Å². The second-order valence-electron chi connectivity index (χ2n) is 3.91. The van der Waals surface area contributed by atoms with E-state index in [0.717, 1.165) is 11.3 Å². The van der Waals surface area contributed by atoms with E-state index >= 15 is 0 Å². The summed E-state index contributed by atoms with van der Waals surface area (Å²) in [7, 11) is 1.64. The van der Waals surface area contributed by atoms with Gasteiger partial charge >= 0.3 is 0 Å². The van der Waals surface area contributed by atoms with Gasteiger partial charge < -0.3 is 10.5 Å². The highest BCUT2D eigenvalue weighted by atomic mass is 35.5. The smallest absolute Gasteiger partial charge is 0.124 e. The van der Waals surface area contributed by atoms with Crippen molar-refractivity contribution in [1.82, 2.24) is 0 Å². The van der Waals surface area contributed by atoms with Gasteiger partial charge in [0.05, 0.1) is 7.11 Å². The highest BCUT2D eigenvalue weighted by molar-refractivity contribution is 6.31. The Hall–Kier alpha value is -0.730. The predicted molar refractivity (Wildman–Crippen MR) is 60.1 cm³/mol. The van der Waals surface area contributed by atoms with Crippen LogP contribution in [-0.4, -0.2) is 13.7 Å². The van der Waals surface area contributed by atoms with Crippen LogP contribution in [0, 0.1) is 0 Å². The Kier molecular flexibility index (Phi) is 3.40. The van der Waals surface area contributed by atoms with Crippen molar-refractivity contribution in [3.8, 4) is 5.75 Å². The SMILES string of the molecule is COc1cccc(Cl)c1C(C)(C)CN. The lowest BCUT2D eigenvalue weighted by molar-refractivity contribution is 0.394. The van der Waals surface area contributed by atoms with E-state index in [-0.39, 0.29) is 5.41 Å². The third-order valence-electron chi connectivity index (χ3n) is 2.38. The molecule has 0 amide bonds. The van der Waals surface area contributed by atoms with Crippen molar-refractivity contribution in [3.63, 3.8) is 0 Å². The molecule has 0 unspecified atom stereocenters. The molecule has 0 saturated carbocycles. The maximum absolute atomic E-state index is 6.14. The average molecular weight is 214 g/mol. The molecular weight excluding hydrogens is 198 g/mol. The number of hydrogen-bond donors (Lipinski definition) is 1. The summed E-state index contributed by atoms with van der Waals surface area (Å²) in [6, 6.07) is 5.63. The first kappa shape index (κ1) is 11.3. The Morgan fingerprint density at radius 2 is 2.07 bits per heavy atom. The number of benzene rings is 1. The highest BCUT2D eigenvalue weighted by Crippen LogP contribution is 2.36. The molecule has 0 atom stereocenters. The number of ether oxygens (including phenoxy) is 1. The van der Waals surface area contributed by atoms with Crippen molar-refractivity contribution in [2.24, 2.45) is 5.73 Å². The van der Waals surface area contributed by atoms with Gasteiger partial charge in [0.1, 0.15) is 5.75 Å². The zero-order chi connectivity index (χ0) is 10.8. The number of halogens is 1. The summed E-state index contributed by atoms with van der Waals surface area (Å²) in [5, 5.41) is 0.708. The predicted octanol–water partition coefficient (Wildman–Crippen LogP) is 2.58. The van der Waals surface area contributed by atoms with Crippen molar-refractivity contribution in [2.75, 3.05) is 13.7 Å². The molecule has 2 N–H and O–H groups in total. The van der Waals surface area contributed by atoms with Crippen molar-refractivity contribution >= 4 is 11.6 Å². The first-order valence-electron chi connectivity index (χ1n) is 4.56. The zero-order valence-electron chi connectivity index (χ0n) is 8.80. The standard InChI is InChI=1S/C11H16ClNO/c1-11(2,7-13)10-8(12)5-4-6-9(10)14-3/h4-6H,7,13H2,1-3H3. The molecule has 0 bridgehead atoms. The largest absolute Gasteiger partial charge is 0.496 e. The second kappa shape index (κ2) is 4.20. The van der Waals surface area contributed by atoms with Gasteiger partial charge in [0, 0.05) is 22.5 Å². The van der Waals surface area contributed by atoms with Gasteiger partial charge in [-0.3, -0.25) is 0 Å². The minimum atomic E-state index is -0.163. The second-order valence-corrected chi connectivity index (χ2v) is 4.31. The molecule has 0 heterocycles. The van der Waals surface area contributed by atoms with Crippen LogP contribution in [-0.2, 0) is 5.41 Å². The van der Waals surface area contributed by atoms with E-state index in [1.807, 2.05) is 18.2 Å². The summed E-state index contributed by atoms with van der Waals surface area (Å²) in [5.41, 5.74) is 6.53. The molecule has 0 aliphatic heterocycles. The van der Waals surface area contributed by atoms with Gasteiger partial charge in [-0.05, 0) is 12.1 Å². The lowest BCUT2D eigenvalue weighted by atomic mass is 9.84. The third-order valence-corrected chi connectivity index (χ3v) is 2.70. The Morgan fingerprint density at radius 1 is 1.43 bits per heavy atom. The molecule has 0 saturated heterocycles. The number of methoxy groups -OCH3 is 1. The van der Waals surface area contributed by atoms with Crippen LogP contribution < -0.4 is 10.5 Å². The first-order chi connectivity index (χ1) is 6.53. The van der Waals surface area contributed by atoms with E-state index in [2.05, 4.69) is 13.8 Å². The number of nitrogens with two attached hydrogens (primary N) is 1. The molecule has 1 rings (SSSR count). The molecule has 1 aromatic rings. The molecule has 0 radical (unpaired) electrons. The zero-order valence-corrected chi connectivity index (χ0v) is 9.56. The van der Waals surface area contributed by atoms with E-state index in [0.29, 0.717) is 11.6 Å². The number of rotatable bonds is 3. The minimum Gasteiger partial charge on any atom is -0.496 e. The fraction of sp³-hybridized carbons (Fsp3) is 0.455. The summed E-state index contributed by atoms with van der Waals surface area (Å²) in [5.74, 6) is 0.799.